The van der Waals surface area contributed by atoms with Crippen molar-refractivity contribution in [1.82, 2.24) is 9.80 Å². The number of β-amino-alcohol motifs (C(OH)–C–C–N with tert-alkyl or cyclic N) is 1. The Balaban J connectivity index is 1.87. The predicted molar refractivity (Wildman–Crippen MR) is 90.9 cm³/mol. The van der Waals surface area contributed by atoms with E-state index in [1.807, 2.05) is 18.7 Å². The molecule has 1 aliphatic rings. The smallest absolute Gasteiger partial charge is 0.389 e. The van der Waals surface area contributed by atoms with Gasteiger partial charge in [0.25, 0.3) is 5.91 Å². The van der Waals surface area contributed by atoms with Crippen molar-refractivity contribution in [2.45, 2.75) is 32.2 Å². The van der Waals surface area contributed by atoms with Crippen LogP contribution < -0.4 is 0 Å². The number of rotatable bonds is 6. The van der Waals surface area contributed by atoms with Crippen LogP contribution in [0.1, 0.15) is 29.8 Å². The van der Waals surface area contributed by atoms with Gasteiger partial charge in [0.05, 0.1) is 24.4 Å². The van der Waals surface area contributed by atoms with Gasteiger partial charge >= 0.3 is 6.18 Å². The lowest BCUT2D eigenvalue weighted by molar-refractivity contribution is -0.137. The molecule has 1 unspecified atom stereocenters. The highest BCUT2D eigenvalue weighted by atomic mass is 19.4. The van der Waals surface area contributed by atoms with E-state index in [9.17, 15) is 23.1 Å². The summed E-state index contributed by atoms with van der Waals surface area (Å²) < 4.78 is 43.7. The van der Waals surface area contributed by atoms with E-state index in [0.29, 0.717) is 32.7 Å². The minimum absolute atomic E-state index is 0.0404. The van der Waals surface area contributed by atoms with Gasteiger partial charge in [-0.05, 0) is 32.0 Å². The first-order chi connectivity index (χ1) is 12.2. The number of halogens is 3. The molecule has 146 valence electrons. The van der Waals surface area contributed by atoms with Gasteiger partial charge in [0, 0.05) is 38.3 Å². The number of piperazine rings is 1. The molecule has 8 heteroatoms. The molecule has 0 bridgehead atoms. The SMILES string of the molecule is CC(C)OCC(O)CN1CCN(C(=O)c2cccc(C(F)(F)F)c2)CC1. The molecular weight excluding hydrogens is 349 g/mol. The molecule has 1 amide bonds. The van der Waals surface area contributed by atoms with Crippen LogP contribution in [0.3, 0.4) is 0 Å². The van der Waals surface area contributed by atoms with E-state index in [1.54, 1.807) is 4.90 Å². The van der Waals surface area contributed by atoms with E-state index in [4.69, 9.17) is 4.74 Å². The van der Waals surface area contributed by atoms with Gasteiger partial charge in [0.1, 0.15) is 0 Å². The van der Waals surface area contributed by atoms with Crippen LogP contribution in [0.5, 0.6) is 0 Å². The predicted octanol–water partition coefficient (Wildman–Crippen LogP) is 2.25. The molecule has 0 aromatic heterocycles. The van der Waals surface area contributed by atoms with Crippen molar-refractivity contribution in [3.8, 4) is 0 Å². The topological polar surface area (TPSA) is 53.0 Å². The Morgan fingerprint density at radius 3 is 2.46 bits per heavy atom. The van der Waals surface area contributed by atoms with Crippen LogP contribution in [0.15, 0.2) is 24.3 Å². The molecular formula is C18H25F3N2O3. The van der Waals surface area contributed by atoms with Crippen LogP contribution in [-0.2, 0) is 10.9 Å². The number of benzene rings is 1. The Kier molecular flexibility index (Phi) is 7.02. The molecule has 0 saturated carbocycles. The number of nitrogens with zero attached hydrogens (tertiary/aromatic N) is 2. The maximum absolute atomic E-state index is 12.8. The Morgan fingerprint density at radius 1 is 1.23 bits per heavy atom. The fourth-order valence-corrected chi connectivity index (χ4v) is 2.80. The zero-order chi connectivity index (χ0) is 19.3. The van der Waals surface area contributed by atoms with Gasteiger partial charge < -0.3 is 14.7 Å². The highest BCUT2D eigenvalue weighted by Crippen LogP contribution is 2.29. The van der Waals surface area contributed by atoms with E-state index in [1.165, 1.54) is 12.1 Å². The molecule has 1 atom stereocenters. The summed E-state index contributed by atoms with van der Waals surface area (Å²) in [6.45, 7) is 6.42. The minimum atomic E-state index is -4.47. The second-order valence-corrected chi connectivity index (χ2v) is 6.71. The molecule has 1 saturated heterocycles. The van der Waals surface area contributed by atoms with Gasteiger partial charge in [-0.25, -0.2) is 0 Å². The molecule has 5 nitrogen and oxygen atoms in total. The van der Waals surface area contributed by atoms with Gasteiger partial charge in [-0.1, -0.05) is 6.07 Å². The maximum atomic E-state index is 12.8. The van der Waals surface area contributed by atoms with Gasteiger partial charge in [-0.15, -0.1) is 0 Å². The van der Waals surface area contributed by atoms with Crippen molar-refractivity contribution in [3.63, 3.8) is 0 Å². The third-order valence-corrected chi connectivity index (χ3v) is 4.19. The van der Waals surface area contributed by atoms with Crippen LogP contribution in [0.4, 0.5) is 13.2 Å². The second kappa shape index (κ2) is 8.83. The Bertz CT molecular complexity index is 600. The molecule has 1 heterocycles. The van der Waals surface area contributed by atoms with Crippen molar-refractivity contribution in [1.29, 1.82) is 0 Å². The normalized spacial score (nSPS) is 17.6. The molecule has 0 aliphatic carbocycles. The fourth-order valence-electron chi connectivity index (χ4n) is 2.80. The highest BCUT2D eigenvalue weighted by molar-refractivity contribution is 5.94. The fraction of sp³-hybridized carbons (Fsp3) is 0.611. The zero-order valence-corrected chi connectivity index (χ0v) is 15.0. The zero-order valence-electron chi connectivity index (χ0n) is 15.0. The molecule has 1 aliphatic heterocycles. The summed E-state index contributed by atoms with van der Waals surface area (Å²) in [6.07, 6.45) is -5.03. The Morgan fingerprint density at radius 2 is 1.88 bits per heavy atom. The van der Waals surface area contributed by atoms with E-state index >= 15 is 0 Å². The van der Waals surface area contributed by atoms with Crippen LogP contribution in [0, 0.1) is 0 Å². The third-order valence-electron chi connectivity index (χ3n) is 4.19. The maximum Gasteiger partial charge on any atom is 0.416 e. The number of carbonyl (C=O) groups is 1. The van der Waals surface area contributed by atoms with Gasteiger partial charge in [-0.2, -0.15) is 13.2 Å². The molecule has 1 fully saturated rings. The van der Waals surface area contributed by atoms with Gasteiger partial charge in [0.15, 0.2) is 0 Å². The molecule has 1 aromatic rings. The molecule has 1 aromatic carbocycles. The number of aliphatic hydroxyl groups is 1. The largest absolute Gasteiger partial charge is 0.416 e. The first-order valence-corrected chi connectivity index (χ1v) is 8.65. The van der Waals surface area contributed by atoms with Crippen LogP contribution >= 0.6 is 0 Å². The number of amides is 1. The molecule has 0 spiro atoms. The first-order valence-electron chi connectivity index (χ1n) is 8.65. The number of hydrogen-bond donors (Lipinski definition) is 1. The van der Waals surface area contributed by atoms with E-state index in [0.717, 1.165) is 12.1 Å². The van der Waals surface area contributed by atoms with Gasteiger partial charge in [0.2, 0.25) is 0 Å². The van der Waals surface area contributed by atoms with E-state index < -0.39 is 23.8 Å². The van der Waals surface area contributed by atoms with Crippen molar-refractivity contribution in [2.75, 3.05) is 39.3 Å². The first kappa shape index (κ1) is 20.7. The number of hydrogen-bond acceptors (Lipinski definition) is 4. The number of ether oxygens (including phenoxy) is 1. The van der Waals surface area contributed by atoms with Crippen molar-refractivity contribution in [3.05, 3.63) is 35.4 Å². The second-order valence-electron chi connectivity index (χ2n) is 6.71. The Labute approximate surface area is 151 Å². The summed E-state index contributed by atoms with van der Waals surface area (Å²) in [5, 5.41) is 9.96. The van der Waals surface area contributed by atoms with Crippen molar-refractivity contribution < 1.29 is 27.8 Å². The highest BCUT2D eigenvalue weighted by Gasteiger charge is 2.31. The number of aliphatic hydroxyl groups excluding tert-OH is 1. The standard InChI is InChI=1S/C18H25F3N2O3/c1-13(2)26-12-16(24)11-22-6-8-23(9-7-22)17(25)14-4-3-5-15(10-14)18(19,20)21/h3-5,10,13,16,24H,6-9,11-12H2,1-2H3. The quantitative estimate of drug-likeness (QED) is 0.830. The summed E-state index contributed by atoms with van der Waals surface area (Å²) in [6, 6.07) is 4.49. The summed E-state index contributed by atoms with van der Waals surface area (Å²) in [5.74, 6) is -0.403. The molecule has 2 rings (SSSR count). The monoisotopic (exact) mass is 374 g/mol. The summed E-state index contributed by atoms with van der Waals surface area (Å²) >= 11 is 0. The lowest BCUT2D eigenvalue weighted by atomic mass is 10.1. The minimum Gasteiger partial charge on any atom is -0.389 e. The Hall–Kier alpha value is -1.64. The summed E-state index contributed by atoms with van der Waals surface area (Å²) in [5.41, 5.74) is -0.783. The van der Waals surface area contributed by atoms with Crippen molar-refractivity contribution >= 4 is 5.91 Å². The third kappa shape index (κ3) is 5.96. The average Bonchev–Trinajstić information content (AvgIpc) is 2.59. The van der Waals surface area contributed by atoms with E-state index in [2.05, 4.69) is 0 Å². The number of carbonyl (C=O) groups excluding carboxylic acids is 1. The van der Waals surface area contributed by atoms with Crippen LogP contribution in [0.2, 0.25) is 0 Å². The van der Waals surface area contributed by atoms with Crippen molar-refractivity contribution in [2.24, 2.45) is 0 Å². The number of alkyl halides is 3. The van der Waals surface area contributed by atoms with Gasteiger partial charge in [-0.3, -0.25) is 9.69 Å². The lowest BCUT2D eigenvalue weighted by Crippen LogP contribution is -2.50. The van der Waals surface area contributed by atoms with Crippen LogP contribution in [-0.4, -0.2) is 72.4 Å². The average molecular weight is 374 g/mol. The molecule has 26 heavy (non-hydrogen) atoms. The molecule has 0 radical (unpaired) electrons. The summed E-state index contributed by atoms with van der Waals surface area (Å²) in [4.78, 5) is 16.0. The van der Waals surface area contributed by atoms with Crippen LogP contribution in [0.25, 0.3) is 0 Å². The van der Waals surface area contributed by atoms with E-state index in [-0.39, 0.29) is 18.3 Å². The summed E-state index contributed by atoms with van der Waals surface area (Å²) in [7, 11) is 0. The lowest BCUT2D eigenvalue weighted by Gasteiger charge is -2.35. The molecule has 1 N–H and O–H groups in total.